The maximum atomic E-state index is 13.6. The van der Waals surface area contributed by atoms with E-state index < -0.39 is 29.7 Å². The molecule has 1 rings (SSSR count). The van der Waals surface area contributed by atoms with Gasteiger partial charge in [0.25, 0.3) is 0 Å². The molecule has 7 nitrogen and oxygen atoms in total. The summed E-state index contributed by atoms with van der Waals surface area (Å²) < 4.78 is 5.30. The lowest BCUT2D eigenvalue weighted by Crippen LogP contribution is -2.54. The highest BCUT2D eigenvalue weighted by atomic mass is 32.1. The van der Waals surface area contributed by atoms with Crippen LogP contribution in [0.5, 0.6) is 0 Å². The fraction of sp³-hybridized carbons (Fsp3) is 0.577. The Morgan fingerprint density at radius 2 is 1.82 bits per heavy atom. The first-order chi connectivity index (χ1) is 16.1. The highest BCUT2D eigenvalue weighted by molar-refractivity contribution is 7.80. The number of carbonyl (C=O) groups excluding carboxylic acids is 3. The standard InChI is InChI=1S/C26H39N3O4S/c1-7-10-13-16-27-23(30)22(20-15-12-11-14-19(20)9-3)29(17-8-2)24(31)21(18-34)28-25(32)33-26(4,5)6/h3,11-12,14-15,21-22,34H,7-8,10,13,16-18H2,1-2,4-6H3,(H,27,30)(H,28,32). The van der Waals surface area contributed by atoms with Crippen LogP contribution in [0.2, 0.25) is 0 Å². The molecule has 1 aromatic carbocycles. The van der Waals surface area contributed by atoms with Crippen molar-refractivity contribution in [1.82, 2.24) is 15.5 Å². The SMILES string of the molecule is C#Cc1ccccc1C(C(=O)NCCCCC)N(CCC)C(=O)C(CS)NC(=O)OC(C)(C)C. The van der Waals surface area contributed by atoms with Crippen LogP contribution in [0, 0.1) is 12.3 Å². The quantitative estimate of drug-likeness (QED) is 0.235. The van der Waals surface area contributed by atoms with Gasteiger partial charge in [-0.05, 0) is 45.2 Å². The number of nitrogens with one attached hydrogen (secondary N) is 2. The van der Waals surface area contributed by atoms with E-state index in [1.165, 1.54) is 4.90 Å². The van der Waals surface area contributed by atoms with Crippen LogP contribution >= 0.6 is 12.6 Å². The summed E-state index contributed by atoms with van der Waals surface area (Å²) in [5.74, 6) is 1.93. The molecule has 188 valence electrons. The predicted molar refractivity (Wildman–Crippen MR) is 139 cm³/mol. The van der Waals surface area contributed by atoms with Crippen molar-refractivity contribution >= 4 is 30.5 Å². The summed E-state index contributed by atoms with van der Waals surface area (Å²) >= 11 is 4.28. The van der Waals surface area contributed by atoms with Crippen LogP contribution in [-0.4, -0.2) is 53.3 Å². The van der Waals surface area contributed by atoms with Gasteiger partial charge in [-0.25, -0.2) is 4.79 Å². The highest BCUT2D eigenvalue weighted by Crippen LogP contribution is 2.26. The Labute approximate surface area is 209 Å². The van der Waals surface area contributed by atoms with E-state index in [0.717, 1.165) is 19.3 Å². The summed E-state index contributed by atoms with van der Waals surface area (Å²) in [6, 6.07) is 5.18. The molecule has 0 spiro atoms. The molecular formula is C26H39N3O4S. The molecule has 0 aliphatic heterocycles. The fourth-order valence-electron chi connectivity index (χ4n) is 3.44. The van der Waals surface area contributed by atoms with Crippen LogP contribution in [0.1, 0.15) is 77.5 Å². The molecule has 0 aliphatic carbocycles. The zero-order valence-corrected chi connectivity index (χ0v) is 21.9. The highest BCUT2D eigenvalue weighted by Gasteiger charge is 2.36. The van der Waals surface area contributed by atoms with Gasteiger partial charge in [0.1, 0.15) is 17.7 Å². The summed E-state index contributed by atoms with van der Waals surface area (Å²) in [6.07, 6.45) is 8.46. The Morgan fingerprint density at radius 1 is 1.15 bits per heavy atom. The average molecular weight is 490 g/mol. The molecule has 8 heteroatoms. The van der Waals surface area contributed by atoms with Gasteiger partial charge in [0.05, 0.1) is 0 Å². The van der Waals surface area contributed by atoms with Crippen molar-refractivity contribution in [3.05, 3.63) is 35.4 Å². The lowest BCUT2D eigenvalue weighted by molar-refractivity contribution is -0.142. The Hall–Kier alpha value is -2.66. The van der Waals surface area contributed by atoms with Gasteiger partial charge in [0, 0.05) is 24.4 Å². The van der Waals surface area contributed by atoms with Crippen molar-refractivity contribution in [2.24, 2.45) is 0 Å². The molecular weight excluding hydrogens is 450 g/mol. The molecule has 2 unspecified atom stereocenters. The monoisotopic (exact) mass is 489 g/mol. The third kappa shape index (κ3) is 9.30. The summed E-state index contributed by atoms with van der Waals surface area (Å²) in [7, 11) is 0. The Morgan fingerprint density at radius 3 is 2.38 bits per heavy atom. The van der Waals surface area contributed by atoms with Crippen LogP contribution in [0.3, 0.4) is 0 Å². The second-order valence-corrected chi connectivity index (χ2v) is 9.41. The zero-order chi connectivity index (χ0) is 25.7. The number of alkyl carbamates (subject to hydrolysis) is 1. The number of unbranched alkanes of at least 4 members (excludes halogenated alkanes) is 2. The van der Waals surface area contributed by atoms with Crippen molar-refractivity contribution in [1.29, 1.82) is 0 Å². The van der Waals surface area contributed by atoms with Gasteiger partial charge >= 0.3 is 6.09 Å². The molecule has 0 radical (unpaired) electrons. The number of carbonyl (C=O) groups is 3. The fourth-order valence-corrected chi connectivity index (χ4v) is 3.69. The van der Waals surface area contributed by atoms with Gasteiger partial charge in [0.2, 0.25) is 11.8 Å². The summed E-state index contributed by atoms with van der Waals surface area (Å²) in [5.41, 5.74) is 0.381. The molecule has 2 atom stereocenters. The second kappa shape index (κ2) is 14.6. The van der Waals surface area contributed by atoms with Crippen molar-refractivity contribution in [2.75, 3.05) is 18.8 Å². The molecule has 1 aromatic rings. The minimum Gasteiger partial charge on any atom is -0.444 e. The van der Waals surface area contributed by atoms with Gasteiger partial charge in [-0.3, -0.25) is 9.59 Å². The van der Waals surface area contributed by atoms with Crippen LogP contribution in [0.4, 0.5) is 4.79 Å². The van der Waals surface area contributed by atoms with E-state index in [4.69, 9.17) is 11.2 Å². The number of nitrogens with zero attached hydrogens (tertiary/aromatic N) is 1. The third-order valence-corrected chi connectivity index (χ3v) is 5.33. The maximum absolute atomic E-state index is 13.6. The van der Waals surface area contributed by atoms with Crippen molar-refractivity contribution in [3.8, 4) is 12.3 Å². The van der Waals surface area contributed by atoms with E-state index in [9.17, 15) is 14.4 Å². The van der Waals surface area contributed by atoms with Gasteiger partial charge in [-0.15, -0.1) is 6.42 Å². The van der Waals surface area contributed by atoms with Crippen LogP contribution < -0.4 is 10.6 Å². The number of terminal acetylenes is 1. The molecule has 0 saturated heterocycles. The molecule has 0 aliphatic rings. The Kier molecular flexibility index (Phi) is 12.6. The minimum absolute atomic E-state index is 0.0416. The second-order valence-electron chi connectivity index (χ2n) is 9.05. The van der Waals surface area contributed by atoms with E-state index in [-0.39, 0.29) is 11.7 Å². The van der Waals surface area contributed by atoms with Gasteiger partial charge in [-0.2, -0.15) is 12.6 Å². The largest absolute Gasteiger partial charge is 0.444 e. The average Bonchev–Trinajstić information content (AvgIpc) is 2.78. The molecule has 3 amide bonds. The number of benzene rings is 1. The predicted octanol–water partition coefficient (Wildman–Crippen LogP) is 4.08. The van der Waals surface area contributed by atoms with Crippen molar-refractivity contribution in [2.45, 2.75) is 78.0 Å². The first-order valence-corrected chi connectivity index (χ1v) is 12.5. The number of rotatable bonds is 12. The first kappa shape index (κ1) is 29.4. The summed E-state index contributed by atoms with van der Waals surface area (Å²) in [5, 5.41) is 5.55. The summed E-state index contributed by atoms with van der Waals surface area (Å²) in [4.78, 5) is 40.9. The minimum atomic E-state index is -0.974. The van der Waals surface area contributed by atoms with Crippen molar-refractivity contribution < 1.29 is 19.1 Å². The molecule has 0 fully saturated rings. The topological polar surface area (TPSA) is 87.7 Å². The molecule has 0 bridgehead atoms. The first-order valence-electron chi connectivity index (χ1n) is 11.8. The number of hydrogen-bond acceptors (Lipinski definition) is 5. The van der Waals surface area contributed by atoms with E-state index in [1.807, 2.05) is 6.92 Å². The maximum Gasteiger partial charge on any atom is 0.408 e. The van der Waals surface area contributed by atoms with Gasteiger partial charge in [-0.1, -0.05) is 50.8 Å². The number of ether oxygens (including phenoxy) is 1. The lowest BCUT2D eigenvalue weighted by Gasteiger charge is -2.34. The molecule has 0 heterocycles. The Bertz CT molecular complexity index is 860. The van der Waals surface area contributed by atoms with Crippen LogP contribution in [-0.2, 0) is 14.3 Å². The lowest BCUT2D eigenvalue weighted by atomic mass is 9.97. The van der Waals surface area contributed by atoms with E-state index in [2.05, 4.69) is 36.1 Å². The van der Waals surface area contributed by atoms with Gasteiger partial charge < -0.3 is 20.3 Å². The molecule has 2 N–H and O–H groups in total. The van der Waals surface area contributed by atoms with Crippen LogP contribution in [0.15, 0.2) is 24.3 Å². The Balaban J connectivity index is 3.33. The van der Waals surface area contributed by atoms with E-state index >= 15 is 0 Å². The normalized spacial score (nSPS) is 12.7. The number of hydrogen-bond donors (Lipinski definition) is 3. The molecule has 34 heavy (non-hydrogen) atoms. The smallest absolute Gasteiger partial charge is 0.408 e. The third-order valence-electron chi connectivity index (χ3n) is 4.97. The summed E-state index contributed by atoms with van der Waals surface area (Å²) in [6.45, 7) is 10.0. The van der Waals surface area contributed by atoms with Crippen LogP contribution in [0.25, 0.3) is 0 Å². The zero-order valence-electron chi connectivity index (χ0n) is 21.0. The van der Waals surface area contributed by atoms with Gasteiger partial charge in [0.15, 0.2) is 0 Å². The molecule has 0 aromatic heterocycles. The molecule has 0 saturated carbocycles. The number of thiol groups is 1. The van der Waals surface area contributed by atoms with E-state index in [1.54, 1.807) is 45.0 Å². The van der Waals surface area contributed by atoms with Crippen molar-refractivity contribution in [3.63, 3.8) is 0 Å². The number of amides is 3. The van der Waals surface area contributed by atoms with E-state index in [0.29, 0.717) is 30.6 Å².